The second kappa shape index (κ2) is 5.92. The van der Waals surface area contributed by atoms with Crippen molar-refractivity contribution in [1.29, 1.82) is 0 Å². The molecule has 1 aromatic carbocycles. The third-order valence-corrected chi connectivity index (χ3v) is 5.42. The lowest BCUT2D eigenvalue weighted by atomic mass is 9.96. The normalized spacial score (nSPS) is 19.9. The van der Waals surface area contributed by atoms with Crippen LogP contribution in [-0.2, 0) is 13.0 Å². The van der Waals surface area contributed by atoms with Gasteiger partial charge < -0.3 is 19.7 Å². The second-order valence-corrected chi connectivity index (χ2v) is 7.34. The van der Waals surface area contributed by atoms with Gasteiger partial charge in [-0.15, -0.1) is 0 Å². The van der Waals surface area contributed by atoms with Gasteiger partial charge in [-0.3, -0.25) is 0 Å². The van der Waals surface area contributed by atoms with Gasteiger partial charge in [-0.1, -0.05) is 13.2 Å². The molecule has 4 rings (SSSR count). The highest BCUT2D eigenvalue weighted by molar-refractivity contribution is 5.85. The van der Waals surface area contributed by atoms with Crippen molar-refractivity contribution in [2.75, 3.05) is 27.2 Å². The van der Waals surface area contributed by atoms with Crippen LogP contribution in [-0.4, -0.2) is 52.9 Å². The van der Waals surface area contributed by atoms with E-state index in [0.29, 0.717) is 0 Å². The van der Waals surface area contributed by atoms with Gasteiger partial charge in [0.15, 0.2) is 0 Å². The maximum absolute atomic E-state index is 13.7. The largest absolute Gasteiger partial charge is 0.357 e. The fraction of sp³-hybridized carbons (Fsp3) is 0.400. The molecule has 1 aromatic heterocycles. The van der Waals surface area contributed by atoms with E-state index in [9.17, 15) is 4.39 Å². The smallest absolute Gasteiger partial charge is 0.123 e. The zero-order valence-corrected chi connectivity index (χ0v) is 15.0. The minimum absolute atomic E-state index is 0.184. The fourth-order valence-corrected chi connectivity index (χ4v) is 4.12. The Balaban J connectivity index is 1.60. The molecule has 1 N–H and O–H groups in total. The monoisotopic (exact) mass is 340 g/mol. The van der Waals surface area contributed by atoms with Crippen LogP contribution in [0.3, 0.4) is 0 Å². The number of nitrogens with one attached hydrogen (secondary N) is 1. The summed E-state index contributed by atoms with van der Waals surface area (Å²) in [5.74, 6) is 0.848. The molecule has 25 heavy (non-hydrogen) atoms. The summed E-state index contributed by atoms with van der Waals surface area (Å²) in [6.45, 7) is 11.4. The Morgan fingerprint density at radius 2 is 2.12 bits per heavy atom. The Bertz CT molecular complexity index is 851. The van der Waals surface area contributed by atoms with E-state index in [1.165, 1.54) is 17.3 Å². The van der Waals surface area contributed by atoms with Crippen molar-refractivity contribution in [3.63, 3.8) is 0 Å². The number of H-pyrrole nitrogens is 1. The van der Waals surface area contributed by atoms with E-state index < -0.39 is 0 Å². The molecular formula is C20H25FN4. The number of fused-ring (bicyclic) bond motifs is 4. The molecule has 4 nitrogen and oxygen atoms in total. The summed E-state index contributed by atoms with van der Waals surface area (Å²) in [6.07, 6.45) is 1.92. The maximum Gasteiger partial charge on any atom is 0.123 e. The highest BCUT2D eigenvalue weighted by atomic mass is 19.1. The van der Waals surface area contributed by atoms with Gasteiger partial charge in [0.25, 0.3) is 0 Å². The zero-order valence-electron chi connectivity index (χ0n) is 15.0. The molecule has 2 aliphatic heterocycles. The van der Waals surface area contributed by atoms with Crippen LogP contribution in [0.5, 0.6) is 0 Å². The molecule has 132 valence electrons. The molecular weight excluding hydrogens is 315 g/mol. The average Bonchev–Trinajstić information content (AvgIpc) is 3.03. The Hall–Kier alpha value is -2.27. The van der Waals surface area contributed by atoms with E-state index in [4.69, 9.17) is 0 Å². The van der Waals surface area contributed by atoms with Crippen molar-refractivity contribution in [1.82, 2.24) is 19.7 Å². The summed E-state index contributed by atoms with van der Waals surface area (Å²) in [4.78, 5) is 10.2. The molecule has 0 saturated carbocycles. The third kappa shape index (κ3) is 2.63. The Kier molecular flexibility index (Phi) is 3.84. The minimum Gasteiger partial charge on any atom is -0.357 e. The molecule has 0 radical (unpaired) electrons. The Morgan fingerprint density at radius 1 is 1.32 bits per heavy atom. The van der Waals surface area contributed by atoms with Gasteiger partial charge in [0.1, 0.15) is 11.6 Å². The van der Waals surface area contributed by atoms with Crippen LogP contribution in [0.4, 0.5) is 4.39 Å². The predicted octanol–water partition coefficient (Wildman–Crippen LogP) is 3.29. The van der Waals surface area contributed by atoms with E-state index in [0.717, 1.165) is 54.9 Å². The minimum atomic E-state index is -0.184. The number of nitrogens with zero attached hydrogens (tertiary/aromatic N) is 3. The first-order valence-electron chi connectivity index (χ1n) is 8.81. The third-order valence-electron chi connectivity index (χ3n) is 5.42. The van der Waals surface area contributed by atoms with E-state index in [1.54, 1.807) is 6.07 Å². The number of rotatable bonds is 4. The maximum atomic E-state index is 13.7. The molecule has 0 aliphatic carbocycles. The predicted molar refractivity (Wildman–Crippen MR) is 99.4 cm³/mol. The van der Waals surface area contributed by atoms with Gasteiger partial charge in [0.05, 0.1) is 12.6 Å². The first-order valence-corrected chi connectivity index (χ1v) is 8.81. The van der Waals surface area contributed by atoms with Gasteiger partial charge in [-0.05, 0) is 50.8 Å². The summed E-state index contributed by atoms with van der Waals surface area (Å²) in [5, 5.41) is 0.999. The average molecular weight is 340 g/mol. The van der Waals surface area contributed by atoms with Gasteiger partial charge in [0, 0.05) is 35.3 Å². The number of aromatic nitrogens is 1. The van der Waals surface area contributed by atoms with E-state index in [1.807, 2.05) is 6.07 Å². The van der Waals surface area contributed by atoms with E-state index in [-0.39, 0.29) is 11.9 Å². The van der Waals surface area contributed by atoms with Crippen LogP contribution in [0, 0.1) is 5.82 Å². The van der Waals surface area contributed by atoms with Crippen LogP contribution in [0.2, 0.25) is 0 Å². The molecule has 3 heterocycles. The number of benzene rings is 1. The van der Waals surface area contributed by atoms with Crippen molar-refractivity contribution in [2.24, 2.45) is 0 Å². The standard InChI is InChI=1S/C20H25FN4/c1-13-20-11-17-16-10-15(21)6-7-18(16)22-19(17)12-25(20)14(2)24(13)9-5-8-23(3)4/h6-7,10,20,22H,1-2,5,8-9,11-12H2,3-4H3/t20-/m0/s1. The topological polar surface area (TPSA) is 25.5 Å². The summed E-state index contributed by atoms with van der Waals surface area (Å²) in [7, 11) is 4.18. The molecule has 1 saturated heterocycles. The number of halogens is 1. The summed E-state index contributed by atoms with van der Waals surface area (Å²) in [5.41, 5.74) is 4.51. The molecule has 5 heteroatoms. The Labute approximate surface area is 148 Å². The molecule has 2 aromatic rings. The quantitative estimate of drug-likeness (QED) is 0.925. The highest BCUT2D eigenvalue weighted by Gasteiger charge is 2.40. The van der Waals surface area contributed by atoms with Crippen molar-refractivity contribution in [2.45, 2.75) is 25.4 Å². The lowest BCUT2D eigenvalue weighted by molar-refractivity contribution is 0.268. The highest BCUT2D eigenvalue weighted by Crippen LogP contribution is 2.40. The summed E-state index contributed by atoms with van der Waals surface area (Å²) >= 11 is 0. The Morgan fingerprint density at radius 3 is 2.88 bits per heavy atom. The SMILES string of the molecule is C=C1[C@@H]2Cc3c([nH]c4ccc(F)cc34)CN2C(=C)N1CCCN(C)C. The lowest BCUT2D eigenvalue weighted by Crippen LogP contribution is -2.34. The van der Waals surface area contributed by atoms with Crippen LogP contribution in [0.1, 0.15) is 17.7 Å². The number of hydrogen-bond donors (Lipinski definition) is 1. The van der Waals surface area contributed by atoms with Crippen molar-refractivity contribution >= 4 is 10.9 Å². The van der Waals surface area contributed by atoms with Crippen molar-refractivity contribution in [3.05, 3.63) is 59.9 Å². The van der Waals surface area contributed by atoms with Gasteiger partial charge in [-0.2, -0.15) is 0 Å². The molecule has 0 amide bonds. The van der Waals surface area contributed by atoms with Gasteiger partial charge in [-0.25, -0.2) is 4.39 Å². The molecule has 0 unspecified atom stereocenters. The van der Waals surface area contributed by atoms with Gasteiger partial charge in [0.2, 0.25) is 0 Å². The number of aromatic amines is 1. The van der Waals surface area contributed by atoms with E-state index in [2.05, 4.69) is 46.9 Å². The molecule has 1 atom stereocenters. The molecule has 0 spiro atoms. The fourth-order valence-electron chi connectivity index (χ4n) is 4.12. The molecule has 1 fully saturated rings. The van der Waals surface area contributed by atoms with Crippen molar-refractivity contribution in [3.8, 4) is 0 Å². The van der Waals surface area contributed by atoms with E-state index >= 15 is 0 Å². The molecule has 0 bridgehead atoms. The number of hydrogen-bond acceptors (Lipinski definition) is 3. The van der Waals surface area contributed by atoms with Crippen LogP contribution >= 0.6 is 0 Å². The molecule has 2 aliphatic rings. The first kappa shape index (κ1) is 16.2. The van der Waals surface area contributed by atoms with Crippen LogP contribution < -0.4 is 0 Å². The van der Waals surface area contributed by atoms with Crippen molar-refractivity contribution < 1.29 is 4.39 Å². The second-order valence-electron chi connectivity index (χ2n) is 7.34. The lowest BCUT2D eigenvalue weighted by Gasteiger charge is -2.30. The summed E-state index contributed by atoms with van der Waals surface area (Å²) in [6, 6.07) is 5.20. The van der Waals surface area contributed by atoms with Crippen LogP contribution in [0.25, 0.3) is 10.9 Å². The van der Waals surface area contributed by atoms with Crippen LogP contribution in [0.15, 0.2) is 42.9 Å². The summed E-state index contributed by atoms with van der Waals surface area (Å²) < 4.78 is 13.7. The van der Waals surface area contributed by atoms with Gasteiger partial charge >= 0.3 is 0 Å². The first-order chi connectivity index (χ1) is 12.0. The zero-order chi connectivity index (χ0) is 17.7.